The van der Waals surface area contributed by atoms with Crippen molar-refractivity contribution in [3.05, 3.63) is 53.2 Å². The van der Waals surface area contributed by atoms with E-state index in [4.69, 9.17) is 9.84 Å². The number of anilines is 2. The summed E-state index contributed by atoms with van der Waals surface area (Å²) in [7, 11) is 0. The molecule has 172 valence electrons. The van der Waals surface area contributed by atoms with Crippen LogP contribution in [0.2, 0.25) is 0 Å². The second-order valence-electron chi connectivity index (χ2n) is 9.10. The van der Waals surface area contributed by atoms with Crippen molar-refractivity contribution in [1.29, 1.82) is 0 Å². The van der Waals surface area contributed by atoms with Crippen LogP contribution >= 0.6 is 0 Å². The number of carbonyl (C=O) groups excluding carboxylic acids is 1. The largest absolute Gasteiger partial charge is 0.491 e. The Labute approximate surface area is 194 Å². The minimum Gasteiger partial charge on any atom is -0.491 e. The van der Waals surface area contributed by atoms with Crippen LogP contribution in [-0.2, 0) is 4.79 Å². The van der Waals surface area contributed by atoms with E-state index in [1.807, 2.05) is 57.2 Å². The van der Waals surface area contributed by atoms with E-state index in [0.29, 0.717) is 18.1 Å². The second kappa shape index (κ2) is 8.84. The molecular formula is C25H30N6O2. The molecule has 1 atom stereocenters. The third-order valence-corrected chi connectivity index (χ3v) is 6.29. The summed E-state index contributed by atoms with van der Waals surface area (Å²) in [4.78, 5) is 14.9. The van der Waals surface area contributed by atoms with Gasteiger partial charge in [-0.2, -0.15) is 9.78 Å². The van der Waals surface area contributed by atoms with Crippen molar-refractivity contribution in [3.63, 3.8) is 0 Å². The first-order valence-electron chi connectivity index (χ1n) is 11.7. The van der Waals surface area contributed by atoms with Gasteiger partial charge in [-0.15, -0.1) is 10.2 Å². The van der Waals surface area contributed by atoms with Gasteiger partial charge in [0.1, 0.15) is 11.6 Å². The number of ether oxygens (including phenoxy) is 1. The SMILES string of the molecule is Cc1nn(-c2ccc(N3CCCCC3)nn2)c2c1C(c1ccc(OC(C)C)cc1)CC(=O)N2. The van der Waals surface area contributed by atoms with Crippen molar-refractivity contribution in [2.24, 2.45) is 0 Å². The molecule has 33 heavy (non-hydrogen) atoms. The summed E-state index contributed by atoms with van der Waals surface area (Å²) < 4.78 is 7.48. The number of carbonyl (C=O) groups is 1. The molecule has 0 saturated carbocycles. The Morgan fingerprint density at radius 3 is 2.36 bits per heavy atom. The minimum atomic E-state index is -0.0730. The molecule has 2 aromatic heterocycles. The van der Waals surface area contributed by atoms with Gasteiger partial charge < -0.3 is 15.0 Å². The number of rotatable bonds is 5. The smallest absolute Gasteiger partial charge is 0.226 e. The van der Waals surface area contributed by atoms with E-state index in [2.05, 4.69) is 20.4 Å². The van der Waals surface area contributed by atoms with Gasteiger partial charge in [-0.3, -0.25) is 4.79 Å². The molecule has 0 aliphatic carbocycles. The first kappa shape index (κ1) is 21.4. The zero-order chi connectivity index (χ0) is 22.9. The predicted molar refractivity (Wildman–Crippen MR) is 127 cm³/mol. The molecule has 2 aliphatic heterocycles. The zero-order valence-corrected chi connectivity index (χ0v) is 19.4. The van der Waals surface area contributed by atoms with Gasteiger partial charge in [0.05, 0.1) is 11.8 Å². The molecule has 3 aromatic rings. The summed E-state index contributed by atoms with van der Waals surface area (Å²) in [6.45, 7) is 8.02. The lowest BCUT2D eigenvalue weighted by Gasteiger charge is -2.27. The topological polar surface area (TPSA) is 85.2 Å². The van der Waals surface area contributed by atoms with Gasteiger partial charge in [-0.05, 0) is 69.9 Å². The zero-order valence-electron chi connectivity index (χ0n) is 19.4. The highest BCUT2D eigenvalue weighted by atomic mass is 16.5. The number of benzene rings is 1. The molecule has 4 heterocycles. The summed E-state index contributed by atoms with van der Waals surface area (Å²) in [6.07, 6.45) is 4.14. The Kier molecular flexibility index (Phi) is 5.74. The minimum absolute atomic E-state index is 0.0333. The number of fused-ring (bicyclic) bond motifs is 1. The molecule has 0 bridgehead atoms. The Hall–Kier alpha value is -3.42. The molecule has 0 spiro atoms. The summed E-state index contributed by atoms with van der Waals surface area (Å²) in [5.74, 6) is 2.88. The van der Waals surface area contributed by atoms with Crippen LogP contribution in [0.4, 0.5) is 11.6 Å². The molecule has 8 nitrogen and oxygen atoms in total. The van der Waals surface area contributed by atoms with Crippen molar-refractivity contribution >= 4 is 17.5 Å². The summed E-state index contributed by atoms with van der Waals surface area (Å²) >= 11 is 0. The Balaban J connectivity index is 1.46. The van der Waals surface area contributed by atoms with E-state index in [0.717, 1.165) is 41.5 Å². The molecule has 0 radical (unpaired) electrons. The monoisotopic (exact) mass is 446 g/mol. The number of hydrogen-bond acceptors (Lipinski definition) is 6. The normalized spacial score (nSPS) is 18.2. The van der Waals surface area contributed by atoms with Gasteiger partial charge in [-0.1, -0.05) is 12.1 Å². The second-order valence-corrected chi connectivity index (χ2v) is 9.10. The van der Waals surface area contributed by atoms with E-state index in [1.165, 1.54) is 19.3 Å². The average Bonchev–Trinajstić information content (AvgIpc) is 3.15. The van der Waals surface area contributed by atoms with Gasteiger partial charge in [0.25, 0.3) is 0 Å². The molecule has 1 unspecified atom stereocenters. The fourth-order valence-corrected chi connectivity index (χ4v) is 4.77. The van der Waals surface area contributed by atoms with Crippen LogP contribution in [0.5, 0.6) is 5.75 Å². The van der Waals surface area contributed by atoms with Gasteiger partial charge in [0.15, 0.2) is 11.6 Å². The lowest BCUT2D eigenvalue weighted by atomic mass is 9.86. The van der Waals surface area contributed by atoms with E-state index in [-0.39, 0.29) is 17.9 Å². The first-order valence-corrected chi connectivity index (χ1v) is 11.7. The predicted octanol–water partition coefficient (Wildman–Crippen LogP) is 4.22. The van der Waals surface area contributed by atoms with Gasteiger partial charge in [-0.25, -0.2) is 0 Å². The fourth-order valence-electron chi connectivity index (χ4n) is 4.77. The van der Waals surface area contributed by atoms with Crippen molar-refractivity contribution in [3.8, 4) is 11.6 Å². The molecular weight excluding hydrogens is 416 g/mol. The number of aryl methyl sites for hydroxylation is 1. The molecule has 5 rings (SSSR count). The Morgan fingerprint density at radius 1 is 1.00 bits per heavy atom. The summed E-state index contributed by atoms with van der Waals surface area (Å²) in [5.41, 5.74) is 2.96. The number of aromatic nitrogens is 4. The average molecular weight is 447 g/mol. The van der Waals surface area contributed by atoms with E-state index < -0.39 is 0 Å². The third kappa shape index (κ3) is 4.29. The van der Waals surface area contributed by atoms with Gasteiger partial charge in [0, 0.05) is 31.0 Å². The highest BCUT2D eigenvalue weighted by molar-refractivity contribution is 5.95. The van der Waals surface area contributed by atoms with Crippen molar-refractivity contribution < 1.29 is 9.53 Å². The van der Waals surface area contributed by atoms with Crippen LogP contribution in [0.25, 0.3) is 5.82 Å². The first-order chi connectivity index (χ1) is 16.0. The van der Waals surface area contributed by atoms with Crippen LogP contribution in [0, 0.1) is 6.92 Å². The number of piperidine rings is 1. The van der Waals surface area contributed by atoms with Crippen LogP contribution in [-0.4, -0.2) is 45.1 Å². The standard InChI is InChI=1S/C25H30N6O2/c1-16(2)33-19-9-7-18(8-10-19)20-15-23(32)26-25-24(20)17(3)29-31(25)22-12-11-21(27-28-22)30-13-5-4-6-14-30/h7-12,16,20H,4-6,13-15H2,1-3H3,(H,26,32). The number of amides is 1. The van der Waals surface area contributed by atoms with E-state index in [9.17, 15) is 4.79 Å². The van der Waals surface area contributed by atoms with Gasteiger partial charge in [0.2, 0.25) is 5.91 Å². The Morgan fingerprint density at radius 2 is 1.70 bits per heavy atom. The number of nitrogens with one attached hydrogen (secondary N) is 1. The molecule has 1 fully saturated rings. The lowest BCUT2D eigenvalue weighted by molar-refractivity contribution is -0.116. The van der Waals surface area contributed by atoms with Crippen molar-refractivity contribution in [2.45, 2.75) is 58.5 Å². The maximum Gasteiger partial charge on any atom is 0.226 e. The fraction of sp³-hybridized carbons (Fsp3) is 0.440. The van der Waals surface area contributed by atoms with Crippen LogP contribution in [0.15, 0.2) is 36.4 Å². The van der Waals surface area contributed by atoms with Crippen molar-refractivity contribution in [1.82, 2.24) is 20.0 Å². The summed E-state index contributed by atoms with van der Waals surface area (Å²) in [5, 5.41) is 16.7. The van der Waals surface area contributed by atoms with E-state index in [1.54, 1.807) is 4.68 Å². The highest BCUT2D eigenvalue weighted by Gasteiger charge is 2.33. The Bertz CT molecular complexity index is 1130. The van der Waals surface area contributed by atoms with Crippen LogP contribution < -0.4 is 15.0 Å². The van der Waals surface area contributed by atoms with Crippen molar-refractivity contribution in [2.75, 3.05) is 23.3 Å². The molecule has 1 amide bonds. The maximum absolute atomic E-state index is 12.7. The molecule has 1 aromatic carbocycles. The molecule has 1 saturated heterocycles. The van der Waals surface area contributed by atoms with Crippen LogP contribution in [0.3, 0.4) is 0 Å². The van der Waals surface area contributed by atoms with E-state index >= 15 is 0 Å². The molecule has 1 N–H and O–H groups in total. The summed E-state index contributed by atoms with van der Waals surface area (Å²) in [6, 6.07) is 11.9. The maximum atomic E-state index is 12.7. The number of nitrogens with zero attached hydrogens (tertiary/aromatic N) is 5. The quantitative estimate of drug-likeness (QED) is 0.632. The van der Waals surface area contributed by atoms with Gasteiger partial charge >= 0.3 is 0 Å². The molecule has 8 heteroatoms. The van der Waals surface area contributed by atoms with Crippen LogP contribution in [0.1, 0.15) is 62.3 Å². The third-order valence-electron chi connectivity index (χ3n) is 6.29. The highest BCUT2D eigenvalue weighted by Crippen LogP contribution is 2.40. The lowest BCUT2D eigenvalue weighted by Crippen LogP contribution is -2.30. The molecule has 2 aliphatic rings. The number of hydrogen-bond donors (Lipinski definition) is 1.